The average Bonchev–Trinajstić information content (AvgIpc) is 2.86. The Balaban J connectivity index is 1.92. The SMILES string of the molecule is COc1ccc(CCc2ccn[nH]2)s1. The van der Waals surface area contributed by atoms with Crippen LogP contribution in [-0.2, 0) is 12.8 Å². The molecule has 14 heavy (non-hydrogen) atoms. The fourth-order valence-electron chi connectivity index (χ4n) is 1.28. The lowest BCUT2D eigenvalue weighted by Gasteiger charge is -1.94. The lowest BCUT2D eigenvalue weighted by Crippen LogP contribution is -1.88. The van der Waals surface area contributed by atoms with Gasteiger partial charge in [0.25, 0.3) is 0 Å². The fraction of sp³-hybridized carbons (Fsp3) is 0.300. The van der Waals surface area contributed by atoms with Crippen molar-refractivity contribution in [2.24, 2.45) is 0 Å². The molecule has 2 heterocycles. The third kappa shape index (κ3) is 2.14. The zero-order valence-corrected chi connectivity index (χ0v) is 8.80. The molecule has 3 nitrogen and oxygen atoms in total. The number of nitrogens with one attached hydrogen (secondary N) is 1. The topological polar surface area (TPSA) is 37.9 Å². The third-order valence-corrected chi connectivity index (χ3v) is 3.14. The van der Waals surface area contributed by atoms with E-state index < -0.39 is 0 Å². The van der Waals surface area contributed by atoms with Gasteiger partial charge < -0.3 is 4.74 Å². The third-order valence-electron chi connectivity index (χ3n) is 2.04. The monoisotopic (exact) mass is 208 g/mol. The lowest BCUT2D eigenvalue weighted by atomic mass is 10.2. The molecule has 0 aliphatic rings. The molecule has 0 radical (unpaired) electrons. The molecular weight excluding hydrogens is 196 g/mol. The van der Waals surface area contributed by atoms with Crippen molar-refractivity contribution < 1.29 is 4.74 Å². The van der Waals surface area contributed by atoms with Crippen molar-refractivity contribution in [1.29, 1.82) is 0 Å². The summed E-state index contributed by atoms with van der Waals surface area (Å²) in [5, 5.41) is 7.84. The van der Waals surface area contributed by atoms with Crippen LogP contribution in [0.5, 0.6) is 5.06 Å². The van der Waals surface area contributed by atoms with Gasteiger partial charge in [0.05, 0.1) is 7.11 Å². The van der Waals surface area contributed by atoms with Crippen LogP contribution in [0, 0.1) is 0 Å². The van der Waals surface area contributed by atoms with E-state index in [1.807, 2.05) is 12.1 Å². The van der Waals surface area contributed by atoms with E-state index in [1.165, 1.54) is 10.6 Å². The average molecular weight is 208 g/mol. The number of rotatable bonds is 4. The number of hydrogen-bond acceptors (Lipinski definition) is 3. The molecule has 0 atom stereocenters. The van der Waals surface area contributed by atoms with Crippen LogP contribution in [0.3, 0.4) is 0 Å². The first-order valence-electron chi connectivity index (χ1n) is 4.49. The van der Waals surface area contributed by atoms with Crippen LogP contribution in [-0.4, -0.2) is 17.3 Å². The summed E-state index contributed by atoms with van der Waals surface area (Å²) in [4.78, 5) is 1.34. The van der Waals surface area contributed by atoms with Crippen molar-refractivity contribution in [3.8, 4) is 5.06 Å². The minimum atomic E-state index is 0.976. The van der Waals surface area contributed by atoms with Crippen molar-refractivity contribution in [2.75, 3.05) is 7.11 Å². The summed E-state index contributed by atoms with van der Waals surface area (Å²) < 4.78 is 5.13. The number of aromatic nitrogens is 2. The Morgan fingerprint density at radius 3 is 2.93 bits per heavy atom. The van der Waals surface area contributed by atoms with Crippen LogP contribution in [0.15, 0.2) is 24.4 Å². The smallest absolute Gasteiger partial charge is 0.173 e. The quantitative estimate of drug-likeness (QED) is 0.837. The van der Waals surface area contributed by atoms with Gasteiger partial charge in [-0.25, -0.2) is 0 Å². The van der Waals surface area contributed by atoms with Crippen LogP contribution in [0.4, 0.5) is 0 Å². The standard InChI is InChI=1S/C10H12N2OS/c1-13-10-5-4-9(14-10)3-2-8-6-7-11-12-8/h4-7H,2-3H2,1H3,(H,11,12). The highest BCUT2D eigenvalue weighted by molar-refractivity contribution is 7.13. The van der Waals surface area contributed by atoms with Gasteiger partial charge in [-0.3, -0.25) is 5.10 Å². The molecule has 0 saturated carbocycles. The Morgan fingerprint density at radius 1 is 1.36 bits per heavy atom. The summed E-state index contributed by atoms with van der Waals surface area (Å²) in [6, 6.07) is 6.12. The van der Waals surface area contributed by atoms with Crippen LogP contribution in [0.2, 0.25) is 0 Å². The molecule has 0 bridgehead atoms. The van der Waals surface area contributed by atoms with Gasteiger partial charge >= 0.3 is 0 Å². The van der Waals surface area contributed by atoms with Crippen LogP contribution >= 0.6 is 11.3 Å². The second kappa shape index (κ2) is 4.28. The van der Waals surface area contributed by atoms with E-state index >= 15 is 0 Å². The Morgan fingerprint density at radius 2 is 2.29 bits per heavy atom. The summed E-state index contributed by atoms with van der Waals surface area (Å²) >= 11 is 1.70. The van der Waals surface area contributed by atoms with E-state index in [-0.39, 0.29) is 0 Å². The highest BCUT2D eigenvalue weighted by Crippen LogP contribution is 2.24. The summed E-state index contributed by atoms with van der Waals surface area (Å²) in [6.45, 7) is 0. The maximum atomic E-state index is 5.13. The van der Waals surface area contributed by atoms with Gasteiger partial charge in [-0.15, -0.1) is 11.3 Å². The van der Waals surface area contributed by atoms with Crippen molar-refractivity contribution in [2.45, 2.75) is 12.8 Å². The van der Waals surface area contributed by atoms with Crippen molar-refractivity contribution in [3.63, 3.8) is 0 Å². The minimum Gasteiger partial charge on any atom is -0.487 e. The largest absolute Gasteiger partial charge is 0.487 e. The van der Waals surface area contributed by atoms with Gasteiger partial charge in [0.1, 0.15) is 0 Å². The Kier molecular flexibility index (Phi) is 2.84. The predicted molar refractivity (Wildman–Crippen MR) is 56.9 cm³/mol. The van der Waals surface area contributed by atoms with Gasteiger partial charge in [-0.1, -0.05) is 0 Å². The van der Waals surface area contributed by atoms with Gasteiger partial charge in [-0.2, -0.15) is 5.10 Å². The van der Waals surface area contributed by atoms with Gasteiger partial charge in [0.15, 0.2) is 5.06 Å². The van der Waals surface area contributed by atoms with Crippen molar-refractivity contribution >= 4 is 11.3 Å². The van der Waals surface area contributed by atoms with E-state index in [9.17, 15) is 0 Å². The van der Waals surface area contributed by atoms with Crippen LogP contribution in [0.1, 0.15) is 10.6 Å². The maximum Gasteiger partial charge on any atom is 0.173 e. The molecule has 2 aromatic heterocycles. The molecule has 1 N–H and O–H groups in total. The van der Waals surface area contributed by atoms with E-state index in [2.05, 4.69) is 16.3 Å². The van der Waals surface area contributed by atoms with Crippen molar-refractivity contribution in [1.82, 2.24) is 10.2 Å². The second-order valence-electron chi connectivity index (χ2n) is 3.01. The van der Waals surface area contributed by atoms with Crippen molar-refractivity contribution in [3.05, 3.63) is 35.0 Å². The second-order valence-corrected chi connectivity index (χ2v) is 4.14. The number of aromatic amines is 1. The summed E-state index contributed by atoms with van der Waals surface area (Å²) in [5.74, 6) is 0. The van der Waals surface area contributed by atoms with E-state index in [4.69, 9.17) is 4.74 Å². The van der Waals surface area contributed by atoms with Gasteiger partial charge in [0.2, 0.25) is 0 Å². The zero-order valence-electron chi connectivity index (χ0n) is 7.99. The number of nitrogens with zero attached hydrogens (tertiary/aromatic N) is 1. The molecule has 0 fully saturated rings. The Bertz CT molecular complexity index is 380. The van der Waals surface area contributed by atoms with E-state index in [0.717, 1.165) is 17.9 Å². The number of methoxy groups -OCH3 is 1. The summed E-state index contributed by atoms with van der Waals surface area (Å²) in [7, 11) is 1.70. The first-order chi connectivity index (χ1) is 6.88. The molecule has 0 aliphatic heterocycles. The molecule has 0 spiro atoms. The van der Waals surface area contributed by atoms with Crippen LogP contribution in [0.25, 0.3) is 0 Å². The number of hydrogen-bond donors (Lipinski definition) is 1. The fourth-order valence-corrected chi connectivity index (χ4v) is 2.10. The predicted octanol–water partition coefficient (Wildman–Crippen LogP) is 2.26. The molecule has 74 valence electrons. The molecule has 2 rings (SSSR count). The molecule has 0 amide bonds. The first-order valence-corrected chi connectivity index (χ1v) is 5.31. The molecular formula is C10H12N2OS. The maximum absolute atomic E-state index is 5.13. The molecule has 0 aliphatic carbocycles. The lowest BCUT2D eigenvalue weighted by molar-refractivity contribution is 0.427. The molecule has 4 heteroatoms. The molecule has 0 unspecified atom stereocenters. The minimum absolute atomic E-state index is 0.976. The first kappa shape index (κ1) is 9.27. The number of thiophene rings is 1. The number of H-pyrrole nitrogens is 1. The highest BCUT2D eigenvalue weighted by Gasteiger charge is 2.00. The zero-order chi connectivity index (χ0) is 9.80. The molecule has 0 saturated heterocycles. The molecule has 2 aromatic rings. The number of ether oxygens (including phenoxy) is 1. The van der Waals surface area contributed by atoms with E-state index in [1.54, 1.807) is 24.6 Å². The normalized spacial score (nSPS) is 10.4. The highest BCUT2D eigenvalue weighted by atomic mass is 32.1. The molecule has 0 aromatic carbocycles. The Hall–Kier alpha value is -1.29. The summed E-state index contributed by atoms with van der Waals surface area (Å²) in [5.41, 5.74) is 1.18. The number of aryl methyl sites for hydroxylation is 2. The van der Waals surface area contributed by atoms with Gasteiger partial charge in [0, 0.05) is 16.8 Å². The van der Waals surface area contributed by atoms with Gasteiger partial charge in [-0.05, 0) is 31.0 Å². The van der Waals surface area contributed by atoms with Crippen LogP contribution < -0.4 is 4.74 Å². The Labute approximate surface area is 86.7 Å². The summed E-state index contributed by atoms with van der Waals surface area (Å²) in [6.07, 6.45) is 3.82. The van der Waals surface area contributed by atoms with E-state index in [0.29, 0.717) is 0 Å².